The van der Waals surface area contributed by atoms with Gasteiger partial charge in [-0.2, -0.15) is 0 Å². The molecular formula is C23H26Cl2N4O3. The molecule has 2 aromatic rings. The molecule has 9 heteroatoms. The van der Waals surface area contributed by atoms with Crippen molar-refractivity contribution in [3.05, 3.63) is 64.1 Å². The number of hydrogen-bond acceptors (Lipinski definition) is 4. The molecule has 0 aliphatic carbocycles. The Bertz CT molecular complexity index is 963. The average Bonchev–Trinajstić information content (AvgIpc) is 2.81. The van der Waals surface area contributed by atoms with Gasteiger partial charge in [-0.05, 0) is 31.2 Å². The van der Waals surface area contributed by atoms with Crippen molar-refractivity contribution in [2.24, 2.45) is 0 Å². The van der Waals surface area contributed by atoms with E-state index in [1.165, 1.54) is 6.07 Å². The fraction of sp³-hybridized carbons (Fsp3) is 0.348. The molecule has 3 amide bonds. The number of benzene rings is 2. The van der Waals surface area contributed by atoms with Gasteiger partial charge in [0.2, 0.25) is 11.8 Å². The number of rotatable bonds is 7. The molecule has 1 fully saturated rings. The number of para-hydroxylation sites is 1. The standard InChI is InChI=1S/C23H26Cl2N4O3/c1-16(27-23(32)18-8-5-9-19(24)21(18)25)22(31)26-11-10-20(30)29-14-12-28(13-15-29)17-6-3-2-4-7-17/h2-9,16H,10-15H2,1H3,(H,26,31)(H,27,32). The third-order valence-electron chi connectivity index (χ3n) is 5.33. The van der Waals surface area contributed by atoms with E-state index in [4.69, 9.17) is 23.2 Å². The number of hydrogen-bond donors (Lipinski definition) is 2. The molecule has 1 aliphatic heterocycles. The maximum absolute atomic E-state index is 12.5. The number of carbonyl (C=O) groups is 3. The number of amides is 3. The maximum Gasteiger partial charge on any atom is 0.253 e. The van der Waals surface area contributed by atoms with E-state index >= 15 is 0 Å². The lowest BCUT2D eigenvalue weighted by Gasteiger charge is -2.36. The van der Waals surface area contributed by atoms with Crippen LogP contribution in [-0.2, 0) is 9.59 Å². The predicted octanol–water partition coefficient (Wildman–Crippen LogP) is 2.97. The molecule has 2 aromatic carbocycles. The summed E-state index contributed by atoms with van der Waals surface area (Å²) in [5.74, 6) is -0.869. The molecule has 7 nitrogen and oxygen atoms in total. The Hall–Kier alpha value is -2.77. The van der Waals surface area contributed by atoms with Gasteiger partial charge in [0.15, 0.2) is 0 Å². The lowest BCUT2D eigenvalue weighted by atomic mass is 10.2. The van der Waals surface area contributed by atoms with Gasteiger partial charge < -0.3 is 20.4 Å². The van der Waals surface area contributed by atoms with E-state index in [2.05, 4.69) is 27.7 Å². The van der Waals surface area contributed by atoms with Gasteiger partial charge in [-0.3, -0.25) is 14.4 Å². The number of halogens is 2. The van der Waals surface area contributed by atoms with Crippen LogP contribution in [0.1, 0.15) is 23.7 Å². The average molecular weight is 477 g/mol. The summed E-state index contributed by atoms with van der Waals surface area (Å²) in [6.07, 6.45) is 0.206. The molecule has 0 aromatic heterocycles. The summed E-state index contributed by atoms with van der Waals surface area (Å²) in [7, 11) is 0. The smallest absolute Gasteiger partial charge is 0.253 e. The van der Waals surface area contributed by atoms with Crippen LogP contribution >= 0.6 is 23.2 Å². The SMILES string of the molecule is CC(NC(=O)c1cccc(Cl)c1Cl)C(=O)NCCC(=O)N1CCN(c2ccccc2)CC1. The third-order valence-corrected chi connectivity index (χ3v) is 6.15. The summed E-state index contributed by atoms with van der Waals surface area (Å²) in [4.78, 5) is 41.2. The maximum atomic E-state index is 12.5. The van der Waals surface area contributed by atoms with Crippen LogP contribution in [0.15, 0.2) is 48.5 Å². The number of piperazine rings is 1. The van der Waals surface area contributed by atoms with Crippen LogP contribution < -0.4 is 15.5 Å². The second-order valence-corrected chi connectivity index (χ2v) is 8.33. The second kappa shape index (κ2) is 11.2. The van der Waals surface area contributed by atoms with Gasteiger partial charge in [-0.25, -0.2) is 0 Å². The molecule has 0 radical (unpaired) electrons. The Labute approximate surface area is 197 Å². The zero-order chi connectivity index (χ0) is 23.1. The summed E-state index contributed by atoms with van der Waals surface area (Å²) < 4.78 is 0. The zero-order valence-corrected chi connectivity index (χ0v) is 19.3. The van der Waals surface area contributed by atoms with Crippen molar-refractivity contribution < 1.29 is 14.4 Å². The molecule has 32 heavy (non-hydrogen) atoms. The highest BCUT2D eigenvalue weighted by Crippen LogP contribution is 2.25. The van der Waals surface area contributed by atoms with Gasteiger partial charge in [0.1, 0.15) is 6.04 Å². The summed E-state index contributed by atoms with van der Waals surface area (Å²) in [5, 5.41) is 5.69. The topological polar surface area (TPSA) is 81.8 Å². The molecule has 0 spiro atoms. The van der Waals surface area contributed by atoms with Crippen LogP contribution in [-0.4, -0.2) is 61.4 Å². The highest BCUT2D eigenvalue weighted by molar-refractivity contribution is 6.43. The highest BCUT2D eigenvalue weighted by atomic mass is 35.5. The molecule has 3 rings (SSSR count). The molecule has 0 saturated carbocycles. The summed E-state index contributed by atoms with van der Waals surface area (Å²) >= 11 is 12.0. The largest absolute Gasteiger partial charge is 0.368 e. The number of nitrogens with zero attached hydrogens (tertiary/aromatic N) is 2. The first-order valence-electron chi connectivity index (χ1n) is 10.5. The Morgan fingerprint density at radius 1 is 0.969 bits per heavy atom. The van der Waals surface area contributed by atoms with Crippen LogP contribution in [0.25, 0.3) is 0 Å². The van der Waals surface area contributed by atoms with E-state index in [0.29, 0.717) is 13.1 Å². The second-order valence-electron chi connectivity index (χ2n) is 7.54. The molecule has 1 unspecified atom stereocenters. The molecule has 1 saturated heterocycles. The first kappa shape index (κ1) is 23.9. The summed E-state index contributed by atoms with van der Waals surface area (Å²) in [6, 6.07) is 14.0. The molecule has 170 valence electrons. The van der Waals surface area contributed by atoms with Gasteiger partial charge in [0, 0.05) is 44.8 Å². The molecular weight excluding hydrogens is 451 g/mol. The van der Waals surface area contributed by atoms with Crippen LogP contribution in [0.4, 0.5) is 5.69 Å². The number of carbonyl (C=O) groups excluding carboxylic acids is 3. The predicted molar refractivity (Wildman–Crippen MR) is 126 cm³/mol. The normalized spacial score (nSPS) is 14.6. The lowest BCUT2D eigenvalue weighted by molar-refractivity contribution is -0.131. The van der Waals surface area contributed by atoms with Crippen molar-refractivity contribution in [2.45, 2.75) is 19.4 Å². The van der Waals surface area contributed by atoms with E-state index in [1.807, 2.05) is 23.1 Å². The first-order chi connectivity index (χ1) is 15.4. The van der Waals surface area contributed by atoms with Crippen LogP contribution in [0.3, 0.4) is 0 Å². The van der Waals surface area contributed by atoms with E-state index in [9.17, 15) is 14.4 Å². The fourth-order valence-corrected chi connectivity index (χ4v) is 3.86. The zero-order valence-electron chi connectivity index (χ0n) is 17.8. The van der Waals surface area contributed by atoms with Gasteiger partial charge in [0.05, 0.1) is 15.6 Å². The monoisotopic (exact) mass is 476 g/mol. The molecule has 1 heterocycles. The van der Waals surface area contributed by atoms with Gasteiger partial charge >= 0.3 is 0 Å². The van der Waals surface area contributed by atoms with E-state index in [1.54, 1.807) is 19.1 Å². The highest BCUT2D eigenvalue weighted by Gasteiger charge is 2.22. The minimum atomic E-state index is -0.790. The van der Waals surface area contributed by atoms with Crippen molar-refractivity contribution in [1.29, 1.82) is 0 Å². The third kappa shape index (κ3) is 6.14. The Balaban J connectivity index is 1.39. The molecule has 2 N–H and O–H groups in total. The van der Waals surface area contributed by atoms with Crippen molar-refractivity contribution in [3.63, 3.8) is 0 Å². The van der Waals surface area contributed by atoms with Crippen LogP contribution in [0.2, 0.25) is 10.0 Å². The quantitative estimate of drug-likeness (QED) is 0.643. The minimum Gasteiger partial charge on any atom is -0.368 e. The Morgan fingerprint density at radius 2 is 1.66 bits per heavy atom. The number of nitrogens with one attached hydrogen (secondary N) is 2. The lowest BCUT2D eigenvalue weighted by Crippen LogP contribution is -2.50. The van der Waals surface area contributed by atoms with Crippen LogP contribution in [0, 0.1) is 0 Å². The first-order valence-corrected chi connectivity index (χ1v) is 11.2. The van der Waals surface area contributed by atoms with E-state index in [0.717, 1.165) is 18.8 Å². The minimum absolute atomic E-state index is 0.000379. The summed E-state index contributed by atoms with van der Waals surface area (Å²) in [6.45, 7) is 4.61. The Kier molecular flexibility index (Phi) is 8.36. The van der Waals surface area contributed by atoms with E-state index in [-0.39, 0.29) is 40.4 Å². The van der Waals surface area contributed by atoms with Crippen molar-refractivity contribution in [3.8, 4) is 0 Å². The van der Waals surface area contributed by atoms with E-state index < -0.39 is 11.9 Å². The number of anilines is 1. The van der Waals surface area contributed by atoms with Crippen LogP contribution in [0.5, 0.6) is 0 Å². The summed E-state index contributed by atoms with van der Waals surface area (Å²) in [5.41, 5.74) is 1.35. The van der Waals surface area contributed by atoms with Crippen molar-refractivity contribution in [1.82, 2.24) is 15.5 Å². The molecule has 1 aliphatic rings. The van der Waals surface area contributed by atoms with Crippen molar-refractivity contribution >= 4 is 46.6 Å². The Morgan fingerprint density at radius 3 is 2.34 bits per heavy atom. The molecule has 0 bridgehead atoms. The van der Waals surface area contributed by atoms with Gasteiger partial charge in [-0.15, -0.1) is 0 Å². The fourth-order valence-electron chi connectivity index (χ4n) is 3.48. The van der Waals surface area contributed by atoms with Gasteiger partial charge in [-0.1, -0.05) is 47.5 Å². The molecule has 1 atom stereocenters. The van der Waals surface area contributed by atoms with Crippen molar-refractivity contribution in [2.75, 3.05) is 37.6 Å². The van der Waals surface area contributed by atoms with Gasteiger partial charge in [0.25, 0.3) is 5.91 Å².